The molecule has 0 atom stereocenters. The van der Waals surface area contributed by atoms with Crippen LogP contribution in [0.4, 0.5) is 0 Å². The van der Waals surface area contributed by atoms with Gasteiger partial charge in [0.2, 0.25) is 0 Å². The second kappa shape index (κ2) is 4.80. The number of hydrogen-bond donors (Lipinski definition) is 0. The Hall–Kier alpha value is -1.30. The van der Waals surface area contributed by atoms with Crippen molar-refractivity contribution in [3.8, 4) is 0 Å². The average molecular weight is 186 g/mol. The highest BCUT2D eigenvalue weighted by Crippen LogP contribution is 2.21. The molecular weight excluding hydrogens is 168 g/mol. The van der Waals surface area contributed by atoms with E-state index in [-0.39, 0.29) is 0 Å². The molecule has 0 spiro atoms. The number of rotatable bonds is 4. The van der Waals surface area contributed by atoms with Crippen LogP contribution in [-0.2, 0) is 0 Å². The molecule has 74 valence electrons. The first-order valence-electron chi connectivity index (χ1n) is 5.15. The summed E-state index contributed by atoms with van der Waals surface area (Å²) in [5.74, 6) is 0. The third-order valence-electron chi connectivity index (χ3n) is 2.53. The largest absolute Gasteiger partial charge is 0.0952 e. The highest BCUT2D eigenvalue weighted by atomic mass is 14.0. The Morgan fingerprint density at radius 2 is 1.43 bits per heavy atom. The predicted molar refractivity (Wildman–Crippen MR) is 65.1 cm³/mol. The van der Waals surface area contributed by atoms with E-state index in [0.29, 0.717) is 0 Å². The normalized spacial score (nSPS) is 9.86. The lowest BCUT2D eigenvalue weighted by Gasteiger charge is -2.07. The number of hydrogen-bond acceptors (Lipinski definition) is 0. The van der Waals surface area contributed by atoms with Crippen LogP contribution in [0.2, 0.25) is 0 Å². The van der Waals surface area contributed by atoms with Crippen molar-refractivity contribution in [1.82, 2.24) is 0 Å². The van der Waals surface area contributed by atoms with E-state index in [1.807, 2.05) is 0 Å². The van der Waals surface area contributed by atoms with Crippen LogP contribution in [0.5, 0.6) is 0 Å². The smallest absolute Gasteiger partial charge is 0.0224 e. The Morgan fingerprint density at radius 3 is 1.79 bits per heavy atom. The molecule has 0 aromatic heterocycles. The van der Waals surface area contributed by atoms with Gasteiger partial charge in [0.05, 0.1) is 0 Å². The van der Waals surface area contributed by atoms with Crippen LogP contribution in [0.1, 0.15) is 37.8 Å². The molecule has 0 amide bonds. The molecule has 0 radical (unpaired) electrons. The second-order valence-corrected chi connectivity index (χ2v) is 3.50. The summed E-state index contributed by atoms with van der Waals surface area (Å²) in [5, 5.41) is 0. The van der Waals surface area contributed by atoms with Gasteiger partial charge in [-0.3, -0.25) is 0 Å². The summed E-state index contributed by atoms with van der Waals surface area (Å²) in [5.41, 5.74) is 4.85. The molecule has 0 saturated carbocycles. The minimum atomic E-state index is 1.00. The van der Waals surface area contributed by atoms with E-state index < -0.39 is 0 Å². The quantitative estimate of drug-likeness (QED) is 0.648. The Balaban J connectivity index is 3.01. The highest BCUT2D eigenvalue weighted by molar-refractivity contribution is 5.70. The Bertz CT molecular complexity index is 314. The topological polar surface area (TPSA) is 0 Å². The van der Waals surface area contributed by atoms with E-state index in [9.17, 15) is 0 Å². The lowest BCUT2D eigenvalue weighted by Crippen LogP contribution is -1.85. The first kappa shape index (κ1) is 10.8. The fourth-order valence-electron chi connectivity index (χ4n) is 1.37. The van der Waals surface area contributed by atoms with Crippen LogP contribution in [0.25, 0.3) is 11.1 Å². The average Bonchev–Trinajstić information content (AvgIpc) is 2.27. The molecule has 0 heteroatoms. The second-order valence-electron chi connectivity index (χ2n) is 3.50. The van der Waals surface area contributed by atoms with Crippen LogP contribution in [0.3, 0.4) is 0 Å². The predicted octanol–water partition coefficient (Wildman–Crippen LogP) is 4.53. The third-order valence-corrected chi connectivity index (χ3v) is 2.53. The van der Waals surface area contributed by atoms with Crippen molar-refractivity contribution in [2.24, 2.45) is 0 Å². The highest BCUT2D eigenvalue weighted by Gasteiger charge is 2.00. The summed E-state index contributed by atoms with van der Waals surface area (Å²) in [6, 6.07) is 8.47. The zero-order valence-electron chi connectivity index (χ0n) is 9.14. The fourth-order valence-corrected chi connectivity index (χ4v) is 1.37. The monoisotopic (exact) mass is 186 g/mol. The number of allylic oxidation sites excluding steroid dienone is 2. The summed E-state index contributed by atoms with van der Waals surface area (Å²) >= 11 is 0. The van der Waals surface area contributed by atoms with Gasteiger partial charge in [-0.05, 0) is 41.2 Å². The van der Waals surface area contributed by atoms with Crippen molar-refractivity contribution in [2.45, 2.75) is 26.7 Å². The fraction of sp³-hybridized carbons (Fsp3) is 0.286. The molecule has 1 aromatic rings. The molecule has 0 N–H and O–H groups in total. The molecule has 0 fully saturated rings. The molecule has 1 aromatic carbocycles. The lowest BCUT2D eigenvalue weighted by molar-refractivity contribution is 1.23. The maximum absolute atomic E-state index is 4.04. The van der Waals surface area contributed by atoms with E-state index in [1.54, 1.807) is 0 Å². The maximum Gasteiger partial charge on any atom is -0.0224 e. The molecule has 0 nitrogen and oxygen atoms in total. The maximum atomic E-state index is 4.04. The number of benzene rings is 1. The van der Waals surface area contributed by atoms with E-state index in [0.717, 1.165) is 12.8 Å². The minimum Gasteiger partial charge on any atom is -0.0952 e. The van der Waals surface area contributed by atoms with Crippen molar-refractivity contribution >= 4 is 11.1 Å². The third kappa shape index (κ3) is 2.35. The summed E-state index contributed by atoms with van der Waals surface area (Å²) in [7, 11) is 0. The van der Waals surface area contributed by atoms with E-state index in [4.69, 9.17) is 0 Å². The molecule has 0 saturated heterocycles. The van der Waals surface area contributed by atoms with E-state index >= 15 is 0 Å². The van der Waals surface area contributed by atoms with Gasteiger partial charge in [-0.25, -0.2) is 0 Å². The van der Waals surface area contributed by atoms with Crippen LogP contribution < -0.4 is 0 Å². The van der Waals surface area contributed by atoms with Gasteiger partial charge in [-0.2, -0.15) is 0 Å². The van der Waals surface area contributed by atoms with Gasteiger partial charge < -0.3 is 0 Å². The summed E-state index contributed by atoms with van der Waals surface area (Å²) < 4.78 is 0. The van der Waals surface area contributed by atoms with Crippen molar-refractivity contribution in [3.63, 3.8) is 0 Å². The Morgan fingerprint density at radius 1 is 1.00 bits per heavy atom. The molecule has 0 unspecified atom stereocenters. The van der Waals surface area contributed by atoms with Crippen molar-refractivity contribution < 1.29 is 0 Å². The Kier molecular flexibility index (Phi) is 3.70. The lowest BCUT2D eigenvalue weighted by atomic mass is 9.98. The van der Waals surface area contributed by atoms with Crippen molar-refractivity contribution in [2.75, 3.05) is 0 Å². The standard InChI is InChI=1S/C14H18/c1-5-11(3)13-8-7-9-14(10-13)12(4)6-2/h7-10H,3-6H2,1-2H3. The molecular formula is C14H18. The van der Waals surface area contributed by atoms with E-state index in [1.165, 1.54) is 22.3 Å². The molecule has 14 heavy (non-hydrogen) atoms. The van der Waals surface area contributed by atoms with Crippen LogP contribution in [0, 0.1) is 0 Å². The molecule has 0 aliphatic heterocycles. The van der Waals surface area contributed by atoms with Gasteiger partial charge in [0.15, 0.2) is 0 Å². The van der Waals surface area contributed by atoms with Gasteiger partial charge >= 0.3 is 0 Å². The molecule has 0 aliphatic carbocycles. The van der Waals surface area contributed by atoms with Gasteiger partial charge in [-0.15, -0.1) is 0 Å². The molecule has 0 bridgehead atoms. The van der Waals surface area contributed by atoms with Crippen LogP contribution in [0.15, 0.2) is 37.4 Å². The Labute approximate surface area is 87.0 Å². The minimum absolute atomic E-state index is 1.00. The SMILES string of the molecule is C=C(CC)c1cccc(C(=C)CC)c1. The van der Waals surface area contributed by atoms with Gasteiger partial charge in [0, 0.05) is 0 Å². The van der Waals surface area contributed by atoms with Crippen LogP contribution >= 0.6 is 0 Å². The van der Waals surface area contributed by atoms with Crippen molar-refractivity contribution in [1.29, 1.82) is 0 Å². The van der Waals surface area contributed by atoms with Gasteiger partial charge in [0.1, 0.15) is 0 Å². The molecule has 0 aliphatic rings. The van der Waals surface area contributed by atoms with Gasteiger partial charge in [-0.1, -0.05) is 45.2 Å². The summed E-state index contributed by atoms with van der Waals surface area (Å²) in [6.45, 7) is 12.3. The zero-order valence-corrected chi connectivity index (χ0v) is 9.14. The van der Waals surface area contributed by atoms with E-state index in [2.05, 4.69) is 51.3 Å². The summed E-state index contributed by atoms with van der Waals surface area (Å²) in [4.78, 5) is 0. The first-order chi connectivity index (χ1) is 6.69. The van der Waals surface area contributed by atoms with Crippen molar-refractivity contribution in [3.05, 3.63) is 48.6 Å². The zero-order chi connectivity index (χ0) is 10.6. The molecule has 0 heterocycles. The molecule has 1 rings (SSSR count). The van der Waals surface area contributed by atoms with Crippen LogP contribution in [-0.4, -0.2) is 0 Å². The summed E-state index contributed by atoms with van der Waals surface area (Å²) in [6.07, 6.45) is 2.00. The first-order valence-corrected chi connectivity index (χ1v) is 5.15. The van der Waals surface area contributed by atoms with Gasteiger partial charge in [0.25, 0.3) is 0 Å².